The molecule has 53 heavy (non-hydrogen) atoms. The molecule has 0 aliphatic heterocycles. The van der Waals surface area contributed by atoms with Gasteiger partial charge >= 0.3 is 6.18 Å². The molecule has 0 aliphatic carbocycles. The molecular weight excluding hydrogens is 734 g/mol. The second-order valence-corrected chi connectivity index (χ2v) is 19.9. The van der Waals surface area contributed by atoms with E-state index in [1.54, 1.807) is 59.7 Å². The second-order valence-electron chi connectivity index (χ2n) is 13.5. The van der Waals surface area contributed by atoms with Crippen LogP contribution in [0.5, 0.6) is 11.5 Å². The number of benzene rings is 2. The average Bonchev–Trinajstić information content (AvgIpc) is 3.10. The van der Waals surface area contributed by atoms with Crippen LogP contribution in [-0.4, -0.2) is 54.7 Å². The summed E-state index contributed by atoms with van der Waals surface area (Å²) in [4.78, 5) is 27.5. The molecule has 0 fully saturated rings. The van der Waals surface area contributed by atoms with Crippen LogP contribution in [0.15, 0.2) is 64.5 Å². The van der Waals surface area contributed by atoms with Gasteiger partial charge in [-0.05, 0) is 60.7 Å². The van der Waals surface area contributed by atoms with Crippen molar-refractivity contribution in [2.45, 2.75) is 63.8 Å². The number of methoxy groups -OCH3 is 2. The normalized spacial score (nSPS) is 12.0. The summed E-state index contributed by atoms with van der Waals surface area (Å²) >= 11 is 0.985. The van der Waals surface area contributed by atoms with Crippen LogP contribution < -0.4 is 19.9 Å². The zero-order chi connectivity index (χ0) is 38.7. The Hall–Kier alpha value is -4.54. The van der Waals surface area contributed by atoms with Crippen LogP contribution in [0.25, 0.3) is 22.2 Å². The first-order valence-electron chi connectivity index (χ1n) is 16.6. The van der Waals surface area contributed by atoms with Crippen molar-refractivity contribution >= 4 is 36.6 Å². The number of hydrogen-bond acceptors (Lipinski definition) is 9. The largest absolute Gasteiger partial charge is 0.497 e. The highest BCUT2D eigenvalue weighted by molar-refractivity contribution is 7.98. The van der Waals surface area contributed by atoms with E-state index in [1.807, 2.05) is 0 Å². The molecule has 3 heterocycles. The van der Waals surface area contributed by atoms with Crippen molar-refractivity contribution in [3.63, 3.8) is 0 Å². The molecule has 0 saturated carbocycles. The van der Waals surface area contributed by atoms with Crippen molar-refractivity contribution < 1.29 is 36.2 Å². The van der Waals surface area contributed by atoms with E-state index >= 15 is 8.78 Å². The molecule has 0 atom stereocenters. The van der Waals surface area contributed by atoms with E-state index in [-0.39, 0.29) is 30.8 Å². The summed E-state index contributed by atoms with van der Waals surface area (Å²) in [5, 5.41) is -0.795. The van der Waals surface area contributed by atoms with Crippen molar-refractivity contribution in [2.24, 2.45) is 0 Å². The number of rotatable bonds is 14. The van der Waals surface area contributed by atoms with Gasteiger partial charge in [0.05, 0.1) is 25.5 Å². The van der Waals surface area contributed by atoms with Gasteiger partial charge < -0.3 is 19.1 Å². The maximum Gasteiger partial charge on any atom is 0.418 e. The molecule has 3 aromatic heterocycles. The Morgan fingerprint density at radius 3 is 1.94 bits per heavy atom. The molecule has 2 aromatic carbocycles. The summed E-state index contributed by atoms with van der Waals surface area (Å²) in [6, 6.07) is 16.1. The molecule has 0 saturated heterocycles. The van der Waals surface area contributed by atoms with Crippen LogP contribution in [0.3, 0.4) is 0 Å². The van der Waals surface area contributed by atoms with E-state index in [1.165, 1.54) is 14.2 Å². The van der Waals surface area contributed by atoms with E-state index in [4.69, 9.17) is 14.2 Å². The predicted molar refractivity (Wildman–Crippen MR) is 198 cm³/mol. The van der Waals surface area contributed by atoms with Crippen LogP contribution in [0.4, 0.5) is 27.8 Å². The highest BCUT2D eigenvalue weighted by Gasteiger charge is 2.39. The molecule has 5 aromatic rings. The molecule has 9 nitrogen and oxygen atoms in total. The zero-order valence-corrected chi connectivity index (χ0v) is 32.2. The topological polar surface area (TPSA) is 91.6 Å². The second kappa shape index (κ2) is 16.2. The molecule has 5 rings (SSSR count). The number of ether oxygens (including phenoxy) is 3. The maximum absolute atomic E-state index is 16.6. The van der Waals surface area contributed by atoms with E-state index in [9.17, 15) is 18.0 Å². The molecule has 0 unspecified atom stereocenters. The summed E-state index contributed by atoms with van der Waals surface area (Å²) in [6.07, 6.45) is -3.45. The summed E-state index contributed by atoms with van der Waals surface area (Å²) in [5.41, 5.74) is -3.63. The lowest BCUT2D eigenvalue weighted by Gasteiger charge is -2.27. The Kier molecular flexibility index (Phi) is 12.1. The number of pyridine rings is 2. The predicted octanol–water partition coefficient (Wildman–Crippen LogP) is 8.72. The summed E-state index contributed by atoms with van der Waals surface area (Å²) in [5.74, 6) is -1.57. The smallest absolute Gasteiger partial charge is 0.418 e. The van der Waals surface area contributed by atoms with E-state index in [0.29, 0.717) is 18.1 Å². The lowest BCUT2D eigenvalue weighted by molar-refractivity contribution is -0.137. The van der Waals surface area contributed by atoms with E-state index < -0.39 is 65.0 Å². The molecule has 0 N–H and O–H groups in total. The number of fused-ring (bicyclic) bond motifs is 1. The van der Waals surface area contributed by atoms with E-state index in [2.05, 4.69) is 34.6 Å². The van der Waals surface area contributed by atoms with Gasteiger partial charge in [0.2, 0.25) is 5.95 Å². The fourth-order valence-corrected chi connectivity index (χ4v) is 6.96. The first-order valence-corrected chi connectivity index (χ1v) is 21.5. The van der Waals surface area contributed by atoms with Crippen LogP contribution >= 0.6 is 11.8 Å². The minimum Gasteiger partial charge on any atom is -0.497 e. The van der Waals surface area contributed by atoms with Gasteiger partial charge in [0.1, 0.15) is 40.6 Å². The number of thioether (sulfide) groups is 1. The number of hydrogen-bond donors (Lipinski definition) is 0. The third-order valence-electron chi connectivity index (χ3n) is 8.48. The number of aromatic nitrogens is 4. The Balaban J connectivity index is 1.67. The summed E-state index contributed by atoms with van der Waals surface area (Å²) in [6.45, 7) is 8.05. The van der Waals surface area contributed by atoms with Crippen LogP contribution in [0, 0.1) is 18.7 Å². The van der Waals surface area contributed by atoms with Gasteiger partial charge in [-0.15, -0.1) is 0 Å². The Morgan fingerprint density at radius 1 is 0.887 bits per heavy atom. The van der Waals surface area contributed by atoms with Gasteiger partial charge in [-0.25, -0.2) is 19.3 Å². The standard InChI is InChI=1S/C37H40F5N5O4SSi/c1-22-30(37(40,41)42)27(18-28(43-22)46(19-23-8-12-25(49-2)13-9-23)20-24-10-14-26(50-3)15-11-24)32-31(38)33-29(34(39)44-32)35(48)47(36(45-33)52-4)21-51-16-17-53(5,6)7/h8-15,18H,16-17,19-21H2,1-7H3. The first kappa shape index (κ1) is 39.7. The van der Waals surface area contributed by atoms with Crippen molar-refractivity contribution in [1.82, 2.24) is 19.5 Å². The monoisotopic (exact) mass is 773 g/mol. The Bertz CT molecular complexity index is 2090. The molecule has 0 bridgehead atoms. The van der Waals surface area contributed by atoms with Gasteiger partial charge in [-0.2, -0.15) is 17.6 Å². The highest BCUT2D eigenvalue weighted by atomic mass is 32.2. The van der Waals surface area contributed by atoms with Crippen molar-refractivity contribution in [3.05, 3.63) is 99.1 Å². The Labute approximate surface area is 309 Å². The molecule has 0 amide bonds. The molecule has 282 valence electrons. The quantitative estimate of drug-likeness (QED) is 0.0275. The van der Waals surface area contributed by atoms with Crippen molar-refractivity contribution in [3.8, 4) is 22.8 Å². The van der Waals surface area contributed by atoms with Gasteiger partial charge in [0.15, 0.2) is 11.0 Å². The first-order chi connectivity index (χ1) is 25.0. The molecule has 0 radical (unpaired) electrons. The fraction of sp³-hybridized carbons (Fsp3) is 0.351. The molecule has 16 heteroatoms. The zero-order valence-electron chi connectivity index (χ0n) is 30.4. The van der Waals surface area contributed by atoms with Crippen LogP contribution in [0.2, 0.25) is 25.7 Å². The molecule has 0 aliphatic rings. The number of aryl methyl sites for hydroxylation is 1. The van der Waals surface area contributed by atoms with Gasteiger partial charge in [-0.1, -0.05) is 55.7 Å². The third-order valence-corrected chi connectivity index (χ3v) is 10.9. The van der Waals surface area contributed by atoms with Gasteiger partial charge in [0, 0.05) is 33.3 Å². The van der Waals surface area contributed by atoms with Crippen LogP contribution in [0.1, 0.15) is 22.4 Å². The highest BCUT2D eigenvalue weighted by Crippen LogP contribution is 2.42. The van der Waals surface area contributed by atoms with E-state index in [0.717, 1.165) is 46.5 Å². The maximum atomic E-state index is 16.6. The SMILES string of the molecule is COc1ccc(CN(Cc2ccc(OC)cc2)c2cc(-c3nc(F)c4c(=O)n(COCC[Si](C)(C)C)c(SC)nc4c3F)c(C(F)(F)F)c(C)n2)cc1. The number of anilines is 1. The minimum atomic E-state index is -5.03. The third kappa shape index (κ3) is 9.16. The fourth-order valence-electron chi connectivity index (χ4n) is 5.66. The lowest BCUT2D eigenvalue weighted by atomic mass is 10.0. The van der Waals surface area contributed by atoms with Crippen molar-refractivity contribution in [2.75, 3.05) is 32.0 Å². The van der Waals surface area contributed by atoms with Crippen molar-refractivity contribution in [1.29, 1.82) is 0 Å². The molecule has 0 spiro atoms. The lowest BCUT2D eigenvalue weighted by Crippen LogP contribution is -2.28. The van der Waals surface area contributed by atoms with Crippen LogP contribution in [-0.2, 0) is 30.7 Å². The van der Waals surface area contributed by atoms with Gasteiger partial charge in [0.25, 0.3) is 5.56 Å². The average molecular weight is 774 g/mol. The summed E-state index contributed by atoms with van der Waals surface area (Å²) < 4.78 is 94.1. The number of nitrogens with zero attached hydrogens (tertiary/aromatic N) is 5. The minimum absolute atomic E-state index is 0.00115. The number of alkyl halides is 3. The number of halogens is 5. The Morgan fingerprint density at radius 2 is 1.45 bits per heavy atom. The van der Waals surface area contributed by atoms with Gasteiger partial charge in [-0.3, -0.25) is 9.36 Å². The summed E-state index contributed by atoms with van der Waals surface area (Å²) in [7, 11) is 1.60. The molecular formula is C37H40F5N5O4SSi.